The van der Waals surface area contributed by atoms with Gasteiger partial charge in [0.25, 0.3) is 0 Å². The molecule has 2 aromatic rings. The van der Waals surface area contributed by atoms with Crippen LogP contribution in [-0.4, -0.2) is 27.8 Å². The first-order chi connectivity index (χ1) is 9.16. The molecule has 0 unspecified atom stereocenters. The van der Waals surface area contributed by atoms with Crippen LogP contribution in [0, 0.1) is 0 Å². The summed E-state index contributed by atoms with van der Waals surface area (Å²) < 4.78 is 0. The van der Waals surface area contributed by atoms with Crippen molar-refractivity contribution < 1.29 is 0 Å². The third-order valence-electron chi connectivity index (χ3n) is 2.59. The van der Waals surface area contributed by atoms with Crippen LogP contribution in [-0.2, 0) is 6.42 Å². The highest BCUT2D eigenvalue weighted by Crippen LogP contribution is 2.29. The van der Waals surface area contributed by atoms with E-state index in [0.29, 0.717) is 11.1 Å². The van der Waals surface area contributed by atoms with Crippen LogP contribution in [0.2, 0.25) is 5.02 Å². The number of hydrogen-bond acceptors (Lipinski definition) is 5. The highest BCUT2D eigenvalue weighted by Gasteiger charge is 2.09. The molecule has 0 aliphatic carbocycles. The molecule has 102 valence electrons. The van der Waals surface area contributed by atoms with Crippen LogP contribution in [0.15, 0.2) is 18.5 Å². The Bertz CT molecular complexity index is 527. The first-order valence-electron chi connectivity index (χ1n) is 6.32. The van der Waals surface area contributed by atoms with Crippen molar-refractivity contribution in [2.24, 2.45) is 0 Å². The van der Waals surface area contributed by atoms with E-state index in [1.807, 2.05) is 6.07 Å². The van der Waals surface area contributed by atoms with Crippen LogP contribution in [0.5, 0.6) is 0 Å². The summed E-state index contributed by atoms with van der Waals surface area (Å²) in [6, 6.07) is 2.40. The van der Waals surface area contributed by atoms with E-state index < -0.39 is 0 Å². The average molecular weight is 297 g/mol. The molecular weight excluding hydrogens is 280 g/mol. The van der Waals surface area contributed by atoms with Gasteiger partial charge in [0.15, 0.2) is 0 Å². The molecule has 0 spiro atoms. The van der Waals surface area contributed by atoms with Crippen molar-refractivity contribution in [1.29, 1.82) is 0 Å². The zero-order chi connectivity index (χ0) is 13.7. The Balaban J connectivity index is 1.94. The van der Waals surface area contributed by atoms with Crippen LogP contribution in [0.1, 0.15) is 25.3 Å². The van der Waals surface area contributed by atoms with Crippen molar-refractivity contribution >= 4 is 22.9 Å². The van der Waals surface area contributed by atoms with E-state index in [1.54, 1.807) is 23.7 Å². The molecule has 0 aliphatic rings. The molecule has 1 N–H and O–H groups in total. The highest BCUT2D eigenvalue weighted by atomic mass is 35.5. The zero-order valence-corrected chi connectivity index (χ0v) is 12.6. The normalized spacial score (nSPS) is 11.2. The Morgan fingerprint density at radius 3 is 2.95 bits per heavy atom. The van der Waals surface area contributed by atoms with Gasteiger partial charge in [0.1, 0.15) is 10.0 Å². The number of halogens is 1. The van der Waals surface area contributed by atoms with Crippen LogP contribution in [0.4, 0.5) is 0 Å². The third-order valence-corrected chi connectivity index (χ3v) is 3.91. The van der Waals surface area contributed by atoms with Crippen LogP contribution in [0.3, 0.4) is 0 Å². The molecule has 0 fully saturated rings. The SMILES string of the molecule is CC(C)NCCCc1nnc(-c2ccncc2Cl)s1. The van der Waals surface area contributed by atoms with Crippen LogP contribution in [0.25, 0.3) is 10.6 Å². The third kappa shape index (κ3) is 4.23. The average Bonchev–Trinajstić information content (AvgIpc) is 2.83. The van der Waals surface area contributed by atoms with Crippen LogP contribution >= 0.6 is 22.9 Å². The highest BCUT2D eigenvalue weighted by molar-refractivity contribution is 7.14. The van der Waals surface area contributed by atoms with Crippen molar-refractivity contribution in [3.8, 4) is 10.6 Å². The predicted octanol–water partition coefficient (Wildman–Crippen LogP) is 3.18. The van der Waals surface area contributed by atoms with Gasteiger partial charge in [-0.15, -0.1) is 10.2 Å². The van der Waals surface area contributed by atoms with Gasteiger partial charge in [-0.1, -0.05) is 36.8 Å². The van der Waals surface area contributed by atoms with Gasteiger partial charge >= 0.3 is 0 Å². The lowest BCUT2D eigenvalue weighted by atomic mass is 10.3. The van der Waals surface area contributed by atoms with Gasteiger partial charge in [-0.05, 0) is 19.0 Å². The Hall–Kier alpha value is -1.04. The fourth-order valence-electron chi connectivity index (χ4n) is 1.64. The summed E-state index contributed by atoms with van der Waals surface area (Å²) >= 11 is 7.69. The molecule has 2 aromatic heterocycles. The monoisotopic (exact) mass is 296 g/mol. The Labute approximate surface area is 122 Å². The van der Waals surface area contributed by atoms with Crippen molar-refractivity contribution in [2.45, 2.75) is 32.7 Å². The van der Waals surface area contributed by atoms with E-state index in [-0.39, 0.29) is 0 Å². The molecule has 0 saturated heterocycles. The molecule has 0 atom stereocenters. The topological polar surface area (TPSA) is 50.7 Å². The second kappa shape index (κ2) is 6.93. The number of aryl methyl sites for hydroxylation is 1. The van der Waals surface area contributed by atoms with E-state index in [4.69, 9.17) is 11.6 Å². The van der Waals surface area contributed by atoms with Gasteiger partial charge in [0.2, 0.25) is 0 Å². The van der Waals surface area contributed by atoms with Gasteiger partial charge in [-0.25, -0.2) is 0 Å². The smallest absolute Gasteiger partial charge is 0.149 e. The summed E-state index contributed by atoms with van der Waals surface area (Å²) in [6.07, 6.45) is 5.36. The number of pyridine rings is 1. The number of rotatable bonds is 6. The minimum Gasteiger partial charge on any atom is -0.315 e. The molecule has 6 heteroatoms. The Kier molecular flexibility index (Phi) is 5.24. The van der Waals surface area contributed by atoms with Crippen molar-refractivity contribution in [2.75, 3.05) is 6.54 Å². The standard InChI is InChI=1S/C13H17ClN4S/c1-9(2)16-6-3-4-12-17-18-13(19-12)10-5-7-15-8-11(10)14/h5,7-9,16H,3-4,6H2,1-2H3. The van der Waals surface area contributed by atoms with E-state index in [0.717, 1.165) is 35.0 Å². The van der Waals surface area contributed by atoms with E-state index in [2.05, 4.69) is 34.3 Å². The van der Waals surface area contributed by atoms with Gasteiger partial charge in [-0.3, -0.25) is 4.98 Å². The predicted molar refractivity (Wildman–Crippen MR) is 79.6 cm³/mol. The first-order valence-corrected chi connectivity index (χ1v) is 7.52. The van der Waals surface area contributed by atoms with Gasteiger partial charge < -0.3 is 5.32 Å². The van der Waals surface area contributed by atoms with Gasteiger partial charge in [0.05, 0.1) is 5.02 Å². The van der Waals surface area contributed by atoms with E-state index in [9.17, 15) is 0 Å². The quantitative estimate of drug-likeness (QED) is 0.832. The Morgan fingerprint density at radius 1 is 1.37 bits per heavy atom. The molecule has 0 aliphatic heterocycles. The van der Waals surface area contributed by atoms with E-state index in [1.165, 1.54) is 0 Å². The van der Waals surface area contributed by atoms with Crippen molar-refractivity contribution in [1.82, 2.24) is 20.5 Å². The second-order valence-electron chi connectivity index (χ2n) is 4.57. The molecule has 0 radical (unpaired) electrons. The molecule has 0 saturated carbocycles. The minimum absolute atomic E-state index is 0.528. The maximum absolute atomic E-state index is 6.10. The number of aromatic nitrogens is 3. The van der Waals surface area contributed by atoms with Gasteiger partial charge in [0, 0.05) is 30.4 Å². The number of hydrogen-bond donors (Lipinski definition) is 1. The summed E-state index contributed by atoms with van der Waals surface area (Å²) in [4.78, 5) is 3.97. The summed E-state index contributed by atoms with van der Waals surface area (Å²) in [5, 5.41) is 14.3. The van der Waals surface area contributed by atoms with Crippen molar-refractivity contribution in [3.05, 3.63) is 28.5 Å². The fourth-order valence-corrected chi connectivity index (χ4v) is 2.83. The second-order valence-corrected chi connectivity index (χ2v) is 6.04. The van der Waals surface area contributed by atoms with Crippen LogP contribution < -0.4 is 5.32 Å². The first kappa shape index (κ1) is 14.4. The summed E-state index contributed by atoms with van der Waals surface area (Å²) in [7, 11) is 0. The maximum atomic E-state index is 6.10. The molecule has 2 heterocycles. The molecule has 19 heavy (non-hydrogen) atoms. The van der Waals surface area contributed by atoms with E-state index >= 15 is 0 Å². The van der Waals surface area contributed by atoms with Gasteiger partial charge in [-0.2, -0.15) is 0 Å². The molecule has 0 amide bonds. The maximum Gasteiger partial charge on any atom is 0.149 e. The summed E-state index contributed by atoms with van der Waals surface area (Å²) in [5.74, 6) is 0. The summed E-state index contributed by atoms with van der Waals surface area (Å²) in [6.45, 7) is 5.30. The van der Waals surface area contributed by atoms with Crippen molar-refractivity contribution in [3.63, 3.8) is 0 Å². The lowest BCUT2D eigenvalue weighted by Crippen LogP contribution is -2.23. The lowest BCUT2D eigenvalue weighted by Gasteiger charge is -2.05. The molecule has 2 rings (SSSR count). The minimum atomic E-state index is 0.528. The largest absolute Gasteiger partial charge is 0.315 e. The summed E-state index contributed by atoms with van der Waals surface area (Å²) in [5.41, 5.74) is 0.903. The fraction of sp³-hybridized carbons (Fsp3) is 0.462. The molecular formula is C13H17ClN4S. The Morgan fingerprint density at radius 2 is 2.21 bits per heavy atom. The molecule has 0 aromatic carbocycles. The molecule has 0 bridgehead atoms. The number of nitrogens with zero attached hydrogens (tertiary/aromatic N) is 3. The number of nitrogens with one attached hydrogen (secondary N) is 1. The zero-order valence-electron chi connectivity index (χ0n) is 11.1. The molecule has 4 nitrogen and oxygen atoms in total. The lowest BCUT2D eigenvalue weighted by molar-refractivity contribution is 0.569.